The zero-order chi connectivity index (χ0) is 13.6. The van der Waals surface area contributed by atoms with Gasteiger partial charge in [-0.05, 0) is 24.6 Å². The van der Waals surface area contributed by atoms with Gasteiger partial charge in [0.05, 0.1) is 5.56 Å². The molecule has 1 N–H and O–H groups in total. The number of nitrogens with one attached hydrogen (secondary N) is 1. The number of amides is 1. The summed E-state index contributed by atoms with van der Waals surface area (Å²) in [5.41, 5.74) is -0.439. The lowest BCUT2D eigenvalue weighted by molar-refractivity contribution is -0.138. The highest BCUT2D eigenvalue weighted by molar-refractivity contribution is 5.88. The van der Waals surface area contributed by atoms with Crippen molar-refractivity contribution >= 4 is 11.6 Å². The van der Waals surface area contributed by atoms with E-state index in [0.717, 1.165) is 6.07 Å². The molecule has 0 heterocycles. The van der Waals surface area contributed by atoms with Gasteiger partial charge in [-0.1, -0.05) is 19.9 Å². The van der Waals surface area contributed by atoms with Crippen molar-refractivity contribution in [2.45, 2.75) is 33.9 Å². The summed E-state index contributed by atoms with van der Waals surface area (Å²) in [5.74, 6) is -0.396. The molecular weight excluding hydrogens is 231 g/mol. The maximum atomic E-state index is 12.5. The Morgan fingerprint density at radius 2 is 1.76 bits per heavy atom. The molecule has 0 bridgehead atoms. The minimum Gasteiger partial charge on any atom is -0.326 e. The summed E-state index contributed by atoms with van der Waals surface area (Å²) in [6.07, 6.45) is -4.39. The molecule has 2 nitrogen and oxygen atoms in total. The molecule has 0 unspecified atom stereocenters. The SMILES string of the molecule is CC.CC(=O)Nc1ccc(C)c(C(F)(F)F)c1. The fourth-order valence-electron chi connectivity index (χ4n) is 1.21. The summed E-state index contributed by atoms with van der Waals surface area (Å²) >= 11 is 0. The molecule has 96 valence electrons. The fraction of sp³-hybridized carbons (Fsp3) is 0.417. The van der Waals surface area contributed by atoms with Crippen LogP contribution in [0.15, 0.2) is 18.2 Å². The van der Waals surface area contributed by atoms with Crippen molar-refractivity contribution < 1.29 is 18.0 Å². The van der Waals surface area contributed by atoms with Crippen molar-refractivity contribution in [1.29, 1.82) is 0 Å². The number of halogens is 3. The Labute approximate surface area is 98.8 Å². The van der Waals surface area contributed by atoms with Crippen LogP contribution in [0.5, 0.6) is 0 Å². The lowest BCUT2D eigenvalue weighted by Gasteiger charge is -2.12. The van der Waals surface area contributed by atoms with Crippen molar-refractivity contribution in [3.8, 4) is 0 Å². The van der Waals surface area contributed by atoms with E-state index in [9.17, 15) is 18.0 Å². The van der Waals surface area contributed by atoms with E-state index in [2.05, 4.69) is 5.32 Å². The predicted molar refractivity (Wildman–Crippen MR) is 61.8 cm³/mol. The normalized spacial score (nSPS) is 10.3. The van der Waals surface area contributed by atoms with Gasteiger partial charge in [-0.15, -0.1) is 0 Å². The van der Waals surface area contributed by atoms with Gasteiger partial charge < -0.3 is 5.32 Å². The molecule has 0 aromatic heterocycles. The molecule has 0 aliphatic rings. The Bertz CT molecular complexity index is 386. The number of benzene rings is 1. The van der Waals surface area contributed by atoms with Crippen LogP contribution in [0.25, 0.3) is 0 Å². The van der Waals surface area contributed by atoms with Gasteiger partial charge in [0.2, 0.25) is 5.91 Å². The Balaban J connectivity index is 0.00000121. The van der Waals surface area contributed by atoms with Crippen LogP contribution in [0, 0.1) is 6.92 Å². The Morgan fingerprint density at radius 1 is 1.24 bits per heavy atom. The summed E-state index contributed by atoms with van der Waals surface area (Å²) in [6, 6.07) is 3.69. The first-order valence-electron chi connectivity index (χ1n) is 5.26. The summed E-state index contributed by atoms with van der Waals surface area (Å²) in [4.78, 5) is 10.7. The average Bonchev–Trinajstić information content (AvgIpc) is 2.21. The maximum absolute atomic E-state index is 12.5. The molecule has 0 atom stereocenters. The third-order valence-corrected chi connectivity index (χ3v) is 1.86. The molecule has 1 aromatic rings. The highest BCUT2D eigenvalue weighted by Gasteiger charge is 2.32. The highest BCUT2D eigenvalue weighted by Crippen LogP contribution is 2.33. The molecule has 1 amide bonds. The molecule has 0 aliphatic heterocycles. The van der Waals surface area contributed by atoms with Gasteiger partial charge in [0.1, 0.15) is 0 Å². The van der Waals surface area contributed by atoms with Gasteiger partial charge in [-0.3, -0.25) is 4.79 Å². The van der Waals surface area contributed by atoms with Crippen LogP contribution in [0.4, 0.5) is 18.9 Å². The van der Waals surface area contributed by atoms with Crippen molar-refractivity contribution in [2.24, 2.45) is 0 Å². The number of hydrogen-bond donors (Lipinski definition) is 1. The summed E-state index contributed by atoms with van der Waals surface area (Å²) in [6.45, 7) is 6.62. The van der Waals surface area contributed by atoms with Crippen LogP contribution in [-0.2, 0) is 11.0 Å². The van der Waals surface area contributed by atoms with E-state index < -0.39 is 17.6 Å². The predicted octanol–water partition coefficient (Wildman–Crippen LogP) is 4.00. The number of rotatable bonds is 1. The van der Waals surface area contributed by atoms with E-state index >= 15 is 0 Å². The topological polar surface area (TPSA) is 29.1 Å². The van der Waals surface area contributed by atoms with E-state index in [1.807, 2.05) is 13.8 Å². The van der Waals surface area contributed by atoms with Crippen LogP contribution in [0.1, 0.15) is 31.9 Å². The second kappa shape index (κ2) is 6.27. The average molecular weight is 247 g/mol. The highest BCUT2D eigenvalue weighted by atomic mass is 19.4. The second-order valence-corrected chi connectivity index (χ2v) is 3.21. The third-order valence-electron chi connectivity index (χ3n) is 1.86. The molecule has 0 spiro atoms. The minimum absolute atomic E-state index is 0.136. The molecular formula is C12H16F3NO. The third kappa shape index (κ3) is 4.89. The van der Waals surface area contributed by atoms with Crippen LogP contribution in [0.2, 0.25) is 0 Å². The molecule has 1 rings (SSSR count). The number of aryl methyl sites for hydroxylation is 1. The smallest absolute Gasteiger partial charge is 0.326 e. The van der Waals surface area contributed by atoms with E-state index in [0.29, 0.717) is 0 Å². The van der Waals surface area contributed by atoms with E-state index in [1.165, 1.54) is 26.0 Å². The summed E-state index contributed by atoms with van der Waals surface area (Å²) in [5, 5.41) is 2.31. The fourth-order valence-corrected chi connectivity index (χ4v) is 1.21. The van der Waals surface area contributed by atoms with Gasteiger partial charge in [0, 0.05) is 12.6 Å². The molecule has 1 aromatic carbocycles. The molecule has 0 saturated heterocycles. The Hall–Kier alpha value is -1.52. The largest absolute Gasteiger partial charge is 0.416 e. The first-order valence-corrected chi connectivity index (χ1v) is 5.26. The number of carbonyl (C=O) groups is 1. The van der Waals surface area contributed by atoms with Gasteiger partial charge in [0.15, 0.2) is 0 Å². The van der Waals surface area contributed by atoms with Crippen LogP contribution < -0.4 is 5.32 Å². The molecule has 17 heavy (non-hydrogen) atoms. The van der Waals surface area contributed by atoms with Crippen molar-refractivity contribution in [2.75, 3.05) is 5.32 Å². The van der Waals surface area contributed by atoms with Gasteiger partial charge in [0.25, 0.3) is 0 Å². The standard InChI is InChI=1S/C10H10F3NO.C2H6/c1-6-3-4-8(14-7(2)15)5-9(6)10(11,12)13;1-2/h3-5H,1-2H3,(H,14,15);1-2H3. The van der Waals surface area contributed by atoms with Crippen LogP contribution in [0.3, 0.4) is 0 Å². The molecule has 5 heteroatoms. The monoisotopic (exact) mass is 247 g/mol. The molecule has 0 fully saturated rings. The number of anilines is 1. The first kappa shape index (κ1) is 15.5. The van der Waals surface area contributed by atoms with E-state index in [1.54, 1.807) is 0 Å². The number of carbonyl (C=O) groups excluding carboxylic acids is 1. The molecule has 0 aliphatic carbocycles. The zero-order valence-corrected chi connectivity index (χ0v) is 10.3. The lowest BCUT2D eigenvalue weighted by atomic mass is 10.1. The van der Waals surface area contributed by atoms with Crippen molar-refractivity contribution in [1.82, 2.24) is 0 Å². The lowest BCUT2D eigenvalue weighted by Crippen LogP contribution is -2.10. The van der Waals surface area contributed by atoms with E-state index in [-0.39, 0.29) is 11.3 Å². The zero-order valence-electron chi connectivity index (χ0n) is 10.3. The second-order valence-electron chi connectivity index (χ2n) is 3.21. The van der Waals surface area contributed by atoms with Gasteiger partial charge in [-0.25, -0.2) is 0 Å². The Kier molecular flexibility index (Phi) is 5.71. The summed E-state index contributed by atoms with van der Waals surface area (Å²) < 4.78 is 37.4. The van der Waals surface area contributed by atoms with Crippen LogP contribution >= 0.6 is 0 Å². The molecule has 0 radical (unpaired) electrons. The van der Waals surface area contributed by atoms with E-state index in [4.69, 9.17) is 0 Å². The van der Waals surface area contributed by atoms with Crippen LogP contribution in [-0.4, -0.2) is 5.91 Å². The van der Waals surface area contributed by atoms with Gasteiger partial charge >= 0.3 is 6.18 Å². The number of alkyl halides is 3. The first-order chi connectivity index (χ1) is 7.80. The summed E-state index contributed by atoms with van der Waals surface area (Å²) in [7, 11) is 0. The Morgan fingerprint density at radius 3 is 2.18 bits per heavy atom. The van der Waals surface area contributed by atoms with Crippen molar-refractivity contribution in [3.63, 3.8) is 0 Å². The minimum atomic E-state index is -4.39. The number of hydrogen-bond acceptors (Lipinski definition) is 1. The van der Waals surface area contributed by atoms with Crippen molar-refractivity contribution in [3.05, 3.63) is 29.3 Å². The maximum Gasteiger partial charge on any atom is 0.416 e. The quantitative estimate of drug-likeness (QED) is 0.798. The van der Waals surface area contributed by atoms with Gasteiger partial charge in [-0.2, -0.15) is 13.2 Å². The molecule has 0 saturated carbocycles.